The third kappa shape index (κ3) is 2.70. The Morgan fingerprint density at radius 1 is 1.47 bits per heavy atom. The molecule has 0 radical (unpaired) electrons. The van der Waals surface area contributed by atoms with E-state index in [0.717, 1.165) is 13.0 Å². The highest BCUT2D eigenvalue weighted by Gasteiger charge is 2.26. The van der Waals surface area contributed by atoms with Gasteiger partial charge in [-0.1, -0.05) is 11.8 Å². The minimum atomic E-state index is 0.136. The number of nitrogen functional groups attached to an aromatic ring is 1. The predicted molar refractivity (Wildman–Crippen MR) is 58.9 cm³/mol. The minimum Gasteiger partial charge on any atom is -0.377 e. The van der Waals surface area contributed by atoms with Gasteiger partial charge in [0.1, 0.15) is 0 Å². The van der Waals surface area contributed by atoms with E-state index in [1.54, 1.807) is 0 Å². The predicted octanol–water partition coefficient (Wildman–Crippen LogP) is 1.38. The second-order valence-corrected chi connectivity index (χ2v) is 4.81. The van der Waals surface area contributed by atoms with Gasteiger partial charge in [-0.25, -0.2) is 0 Å². The Bertz CT molecular complexity index is 344. The maximum Gasteiger partial charge on any atom is 0.228 e. The number of nitrogens with zero attached hydrogens (tertiary/aromatic N) is 3. The summed E-state index contributed by atoms with van der Waals surface area (Å²) >= 11 is 7.22. The fourth-order valence-corrected chi connectivity index (χ4v) is 2.66. The molecule has 7 heteroatoms. The maximum atomic E-state index is 5.69. The van der Waals surface area contributed by atoms with Crippen LogP contribution >= 0.6 is 23.4 Å². The standard InChI is InChI=1S/C8H11ClN4OS/c1-4-5(2-3-14-4)15-8-12-6(9)11-7(10)13-8/h4-5H,2-3H2,1H3,(H2,10,11,12,13). The van der Waals surface area contributed by atoms with Gasteiger partial charge in [0.2, 0.25) is 11.2 Å². The lowest BCUT2D eigenvalue weighted by Crippen LogP contribution is -2.14. The number of thioether (sulfide) groups is 1. The van der Waals surface area contributed by atoms with E-state index >= 15 is 0 Å². The molecule has 1 saturated heterocycles. The molecule has 5 nitrogen and oxygen atoms in total. The van der Waals surface area contributed by atoms with Gasteiger partial charge in [0, 0.05) is 11.9 Å². The molecular formula is C8H11ClN4OS. The number of hydrogen-bond acceptors (Lipinski definition) is 6. The van der Waals surface area contributed by atoms with Gasteiger partial charge in [-0.2, -0.15) is 15.0 Å². The quantitative estimate of drug-likeness (QED) is 0.850. The number of anilines is 1. The monoisotopic (exact) mass is 246 g/mol. The summed E-state index contributed by atoms with van der Waals surface area (Å²) in [7, 11) is 0. The highest BCUT2D eigenvalue weighted by Crippen LogP contribution is 2.30. The smallest absolute Gasteiger partial charge is 0.228 e. The van der Waals surface area contributed by atoms with Crippen LogP contribution in [-0.2, 0) is 4.74 Å². The molecule has 82 valence electrons. The van der Waals surface area contributed by atoms with Gasteiger partial charge < -0.3 is 10.5 Å². The first-order chi connectivity index (χ1) is 7.15. The SMILES string of the molecule is CC1OCCC1Sc1nc(N)nc(Cl)n1. The molecule has 0 bridgehead atoms. The van der Waals surface area contributed by atoms with Crippen molar-refractivity contribution >= 4 is 29.3 Å². The fourth-order valence-electron chi connectivity index (χ4n) is 1.40. The van der Waals surface area contributed by atoms with Crippen molar-refractivity contribution in [3.8, 4) is 0 Å². The first-order valence-corrected chi connectivity index (χ1v) is 5.86. The van der Waals surface area contributed by atoms with Crippen molar-refractivity contribution in [2.24, 2.45) is 0 Å². The number of ether oxygens (including phenoxy) is 1. The van der Waals surface area contributed by atoms with Crippen LogP contribution in [0, 0.1) is 0 Å². The van der Waals surface area contributed by atoms with Crippen LogP contribution in [0.1, 0.15) is 13.3 Å². The van der Waals surface area contributed by atoms with Crippen LogP contribution in [0.5, 0.6) is 0 Å². The molecule has 2 heterocycles. The summed E-state index contributed by atoms with van der Waals surface area (Å²) in [5.74, 6) is 0.157. The molecule has 2 rings (SSSR count). The van der Waals surface area contributed by atoms with Gasteiger partial charge in [0.15, 0.2) is 5.16 Å². The number of aromatic nitrogens is 3. The van der Waals surface area contributed by atoms with Gasteiger partial charge in [-0.05, 0) is 24.9 Å². The molecule has 0 amide bonds. The Balaban J connectivity index is 2.10. The van der Waals surface area contributed by atoms with Gasteiger partial charge in [-0.15, -0.1) is 0 Å². The molecule has 1 aliphatic heterocycles. The summed E-state index contributed by atoms with van der Waals surface area (Å²) in [6.07, 6.45) is 1.21. The van der Waals surface area contributed by atoms with E-state index in [4.69, 9.17) is 22.1 Å². The zero-order chi connectivity index (χ0) is 10.8. The van der Waals surface area contributed by atoms with Crippen molar-refractivity contribution in [1.29, 1.82) is 0 Å². The summed E-state index contributed by atoms with van der Waals surface area (Å²) in [5.41, 5.74) is 5.48. The minimum absolute atomic E-state index is 0.136. The Kier molecular flexibility index (Phi) is 3.28. The van der Waals surface area contributed by atoms with Crippen molar-refractivity contribution in [1.82, 2.24) is 15.0 Å². The molecule has 2 N–H and O–H groups in total. The molecule has 0 saturated carbocycles. The highest BCUT2D eigenvalue weighted by molar-refractivity contribution is 7.99. The summed E-state index contributed by atoms with van der Waals surface area (Å²) in [4.78, 5) is 11.7. The van der Waals surface area contributed by atoms with Crippen LogP contribution in [0.2, 0.25) is 5.28 Å². The third-order valence-corrected chi connectivity index (χ3v) is 3.65. The van der Waals surface area contributed by atoms with Crippen molar-refractivity contribution in [2.75, 3.05) is 12.3 Å². The summed E-state index contributed by atoms with van der Waals surface area (Å²) < 4.78 is 5.44. The Morgan fingerprint density at radius 3 is 2.87 bits per heavy atom. The summed E-state index contributed by atoms with van der Waals surface area (Å²) in [6, 6.07) is 0. The number of rotatable bonds is 2. The maximum absolute atomic E-state index is 5.69. The molecule has 2 atom stereocenters. The van der Waals surface area contributed by atoms with E-state index in [9.17, 15) is 0 Å². The van der Waals surface area contributed by atoms with Gasteiger partial charge >= 0.3 is 0 Å². The van der Waals surface area contributed by atoms with E-state index in [0.29, 0.717) is 10.4 Å². The first-order valence-electron chi connectivity index (χ1n) is 4.60. The number of nitrogens with two attached hydrogens (primary N) is 1. The van der Waals surface area contributed by atoms with Crippen LogP contribution in [-0.4, -0.2) is 32.9 Å². The molecule has 0 aliphatic carbocycles. The van der Waals surface area contributed by atoms with Gasteiger partial charge in [0.25, 0.3) is 0 Å². The number of halogens is 1. The van der Waals surface area contributed by atoms with Crippen LogP contribution < -0.4 is 5.73 Å². The summed E-state index contributed by atoms with van der Waals surface area (Å²) in [5, 5.41) is 1.06. The van der Waals surface area contributed by atoms with Crippen LogP contribution in [0.3, 0.4) is 0 Å². The van der Waals surface area contributed by atoms with Gasteiger partial charge in [0.05, 0.1) is 6.10 Å². The van der Waals surface area contributed by atoms with E-state index in [1.165, 1.54) is 11.8 Å². The fraction of sp³-hybridized carbons (Fsp3) is 0.625. The van der Waals surface area contributed by atoms with Crippen molar-refractivity contribution < 1.29 is 4.74 Å². The largest absolute Gasteiger partial charge is 0.377 e. The second-order valence-electron chi connectivity index (χ2n) is 3.27. The van der Waals surface area contributed by atoms with E-state index in [1.807, 2.05) is 6.92 Å². The van der Waals surface area contributed by atoms with Crippen LogP contribution in [0.25, 0.3) is 0 Å². The average Bonchev–Trinajstić information content (AvgIpc) is 2.50. The molecule has 1 aromatic heterocycles. The zero-order valence-corrected chi connectivity index (χ0v) is 9.75. The topological polar surface area (TPSA) is 73.9 Å². The lowest BCUT2D eigenvalue weighted by molar-refractivity contribution is 0.127. The van der Waals surface area contributed by atoms with Crippen LogP contribution in [0.4, 0.5) is 5.95 Å². The second kappa shape index (κ2) is 4.51. The van der Waals surface area contributed by atoms with E-state index in [2.05, 4.69) is 15.0 Å². The van der Waals surface area contributed by atoms with E-state index in [-0.39, 0.29) is 17.3 Å². The molecule has 0 spiro atoms. The molecular weight excluding hydrogens is 236 g/mol. The number of hydrogen-bond donors (Lipinski definition) is 1. The molecule has 1 aromatic rings. The molecule has 2 unspecified atom stereocenters. The molecule has 1 aliphatic rings. The first kappa shape index (κ1) is 10.9. The molecule has 1 fully saturated rings. The van der Waals surface area contributed by atoms with Crippen molar-refractivity contribution in [3.63, 3.8) is 0 Å². The zero-order valence-electron chi connectivity index (χ0n) is 8.18. The van der Waals surface area contributed by atoms with Crippen molar-refractivity contribution in [3.05, 3.63) is 5.28 Å². The Morgan fingerprint density at radius 2 is 2.27 bits per heavy atom. The molecule has 0 aromatic carbocycles. The Labute approximate surface area is 96.8 Å². The lowest BCUT2D eigenvalue weighted by atomic mass is 10.3. The molecule has 15 heavy (non-hydrogen) atoms. The van der Waals surface area contributed by atoms with Gasteiger partial charge in [-0.3, -0.25) is 0 Å². The normalized spacial score (nSPS) is 25.7. The Hall–Kier alpha value is -0.590. The van der Waals surface area contributed by atoms with Crippen LogP contribution in [0.15, 0.2) is 5.16 Å². The third-order valence-electron chi connectivity index (χ3n) is 2.17. The van der Waals surface area contributed by atoms with E-state index < -0.39 is 0 Å². The van der Waals surface area contributed by atoms with Crippen molar-refractivity contribution in [2.45, 2.75) is 29.9 Å². The lowest BCUT2D eigenvalue weighted by Gasteiger charge is -2.11. The summed E-state index contributed by atoms with van der Waals surface area (Å²) in [6.45, 7) is 2.82. The highest BCUT2D eigenvalue weighted by atomic mass is 35.5. The average molecular weight is 247 g/mol.